The monoisotopic (exact) mass is 540 g/mol. The highest BCUT2D eigenvalue weighted by Gasteiger charge is 2.46. The van der Waals surface area contributed by atoms with E-state index < -0.39 is 17.7 Å². The Labute approximate surface area is 232 Å². The molecule has 0 aliphatic carbocycles. The van der Waals surface area contributed by atoms with Crippen LogP contribution in [0.25, 0.3) is 16.7 Å². The number of aliphatic hydroxyl groups is 1. The van der Waals surface area contributed by atoms with E-state index in [4.69, 9.17) is 14.2 Å². The highest BCUT2D eigenvalue weighted by atomic mass is 16.5. The van der Waals surface area contributed by atoms with Gasteiger partial charge in [0.1, 0.15) is 11.5 Å². The van der Waals surface area contributed by atoms with Gasteiger partial charge in [-0.15, -0.1) is 0 Å². The number of ketones is 1. The molecule has 1 unspecified atom stereocenters. The van der Waals surface area contributed by atoms with Crippen molar-refractivity contribution in [2.24, 2.45) is 0 Å². The van der Waals surface area contributed by atoms with Crippen molar-refractivity contribution in [3.63, 3.8) is 0 Å². The first-order valence-electron chi connectivity index (χ1n) is 13.1. The van der Waals surface area contributed by atoms with Crippen molar-refractivity contribution in [1.29, 1.82) is 0 Å². The number of methoxy groups -OCH3 is 3. The van der Waals surface area contributed by atoms with E-state index in [1.165, 1.54) is 14.2 Å². The predicted octanol–water partition coefficient (Wildman–Crippen LogP) is 5.42. The molecular formula is C32H32N2O6. The van der Waals surface area contributed by atoms with Crippen molar-refractivity contribution in [2.45, 2.75) is 25.8 Å². The number of Topliss-reactive ketones (excluding diaryl/α,β-unsaturated/α-hetero) is 1. The number of nitrogens with one attached hydrogen (secondary N) is 1. The van der Waals surface area contributed by atoms with E-state index in [0.29, 0.717) is 23.5 Å². The molecule has 2 heterocycles. The van der Waals surface area contributed by atoms with Crippen LogP contribution in [0, 0.1) is 0 Å². The first kappa shape index (κ1) is 26.9. The molecule has 206 valence electrons. The first-order valence-corrected chi connectivity index (χ1v) is 13.1. The van der Waals surface area contributed by atoms with Gasteiger partial charge in [-0.05, 0) is 65.9 Å². The molecule has 3 aromatic carbocycles. The van der Waals surface area contributed by atoms with Crippen LogP contribution in [0.2, 0.25) is 0 Å². The highest BCUT2D eigenvalue weighted by molar-refractivity contribution is 6.46. The van der Waals surface area contributed by atoms with E-state index in [1.54, 1.807) is 30.2 Å². The van der Waals surface area contributed by atoms with Crippen molar-refractivity contribution < 1.29 is 28.9 Å². The Bertz CT molecular complexity index is 1600. The molecule has 4 aromatic rings. The molecule has 1 aliphatic rings. The van der Waals surface area contributed by atoms with E-state index >= 15 is 0 Å². The quantitative estimate of drug-likeness (QED) is 0.167. The van der Waals surface area contributed by atoms with Crippen molar-refractivity contribution in [3.05, 3.63) is 94.7 Å². The summed E-state index contributed by atoms with van der Waals surface area (Å²) in [6.07, 6.45) is 3.27. The van der Waals surface area contributed by atoms with Crippen molar-refractivity contribution in [1.82, 2.24) is 9.88 Å². The zero-order valence-corrected chi connectivity index (χ0v) is 23.0. The molecular weight excluding hydrogens is 508 g/mol. The third-order valence-electron chi connectivity index (χ3n) is 7.50. The first-order chi connectivity index (χ1) is 19.4. The van der Waals surface area contributed by atoms with Gasteiger partial charge in [0.2, 0.25) is 0 Å². The number of benzene rings is 3. The average molecular weight is 541 g/mol. The molecule has 1 atom stereocenters. The Morgan fingerprint density at radius 2 is 1.68 bits per heavy atom. The summed E-state index contributed by atoms with van der Waals surface area (Å²) in [5, 5.41) is 12.4. The maximum absolute atomic E-state index is 13.5. The van der Waals surface area contributed by atoms with Gasteiger partial charge in [0, 0.05) is 29.2 Å². The van der Waals surface area contributed by atoms with E-state index in [-0.39, 0.29) is 17.9 Å². The number of H-pyrrole nitrogens is 1. The van der Waals surface area contributed by atoms with Gasteiger partial charge < -0.3 is 29.2 Å². The van der Waals surface area contributed by atoms with Crippen LogP contribution in [-0.2, 0) is 22.4 Å². The number of hydrogen-bond acceptors (Lipinski definition) is 6. The number of hydrogen-bond donors (Lipinski definition) is 2. The number of aryl methyl sites for hydroxylation is 1. The summed E-state index contributed by atoms with van der Waals surface area (Å²) < 4.78 is 16.1. The van der Waals surface area contributed by atoms with Crippen LogP contribution in [0.15, 0.2) is 72.4 Å². The van der Waals surface area contributed by atoms with Gasteiger partial charge in [-0.3, -0.25) is 9.59 Å². The third kappa shape index (κ3) is 4.77. The fraction of sp³-hybridized carbons (Fsp3) is 0.250. The van der Waals surface area contributed by atoms with Crippen LogP contribution in [0.5, 0.6) is 17.2 Å². The maximum atomic E-state index is 13.5. The molecule has 0 spiro atoms. The number of aliphatic hydroxyl groups excluding tert-OH is 1. The largest absolute Gasteiger partial charge is 0.507 e. The highest BCUT2D eigenvalue weighted by Crippen LogP contribution is 2.41. The van der Waals surface area contributed by atoms with Crippen LogP contribution in [-0.4, -0.2) is 54.6 Å². The van der Waals surface area contributed by atoms with E-state index in [2.05, 4.69) is 11.9 Å². The van der Waals surface area contributed by atoms with Crippen LogP contribution >= 0.6 is 0 Å². The van der Waals surface area contributed by atoms with Crippen LogP contribution in [0.3, 0.4) is 0 Å². The Kier molecular flexibility index (Phi) is 7.51. The van der Waals surface area contributed by atoms with Crippen molar-refractivity contribution >= 4 is 28.4 Å². The molecule has 1 saturated heterocycles. The lowest BCUT2D eigenvalue weighted by molar-refractivity contribution is -0.139. The normalized spacial score (nSPS) is 16.5. The number of ether oxygens (including phenoxy) is 3. The Morgan fingerprint density at radius 1 is 0.925 bits per heavy atom. The predicted molar refractivity (Wildman–Crippen MR) is 153 cm³/mol. The molecule has 0 saturated carbocycles. The molecule has 1 fully saturated rings. The standard InChI is InChI=1S/C32H32N2O6/c1-5-19-6-8-20(9-7-19)29-28(30(35)21-10-13-26(39-3)27(16-21)40-4)31(36)32(37)34(29)15-14-22-18-33-25-12-11-23(38-2)17-24(22)25/h6-13,16-18,29,33,35H,5,14-15H2,1-4H3/b30-28-. The topological polar surface area (TPSA) is 101 Å². The van der Waals surface area contributed by atoms with Gasteiger partial charge in [-0.1, -0.05) is 31.2 Å². The molecule has 1 amide bonds. The summed E-state index contributed by atoms with van der Waals surface area (Å²) in [5.74, 6) is -0.00893. The number of carbonyl (C=O) groups is 2. The number of carbonyl (C=O) groups excluding carboxylic acids is 2. The SMILES string of the molecule is CCc1ccc(C2/C(=C(/O)c3ccc(OC)c(OC)c3)C(=O)C(=O)N2CCc2c[nH]c3ccc(OC)cc23)cc1. The molecule has 0 radical (unpaired) electrons. The summed E-state index contributed by atoms with van der Waals surface area (Å²) in [6, 6.07) is 17.7. The van der Waals surface area contributed by atoms with Crippen molar-refractivity contribution in [3.8, 4) is 17.2 Å². The van der Waals surface area contributed by atoms with Crippen LogP contribution in [0.1, 0.15) is 35.2 Å². The number of rotatable bonds is 9. The zero-order valence-electron chi connectivity index (χ0n) is 23.0. The second kappa shape index (κ2) is 11.2. The minimum absolute atomic E-state index is 0.0436. The Hall–Kier alpha value is -4.72. The number of fused-ring (bicyclic) bond motifs is 1. The summed E-state index contributed by atoms with van der Waals surface area (Å²) in [6.45, 7) is 2.34. The second-order valence-electron chi connectivity index (χ2n) is 9.63. The van der Waals surface area contributed by atoms with Gasteiger partial charge in [0.05, 0.1) is 32.9 Å². The minimum Gasteiger partial charge on any atom is -0.507 e. The Morgan fingerprint density at radius 3 is 2.35 bits per heavy atom. The smallest absolute Gasteiger partial charge is 0.295 e. The summed E-state index contributed by atoms with van der Waals surface area (Å²) in [5.41, 5.74) is 4.23. The van der Waals surface area contributed by atoms with Gasteiger partial charge in [-0.2, -0.15) is 0 Å². The Balaban J connectivity index is 1.57. The average Bonchev–Trinajstić information content (AvgIpc) is 3.52. The van der Waals surface area contributed by atoms with E-state index in [1.807, 2.05) is 48.7 Å². The van der Waals surface area contributed by atoms with Gasteiger partial charge in [0.15, 0.2) is 11.5 Å². The van der Waals surface area contributed by atoms with Crippen LogP contribution in [0.4, 0.5) is 0 Å². The van der Waals surface area contributed by atoms with Gasteiger partial charge in [0.25, 0.3) is 11.7 Å². The molecule has 1 aliphatic heterocycles. The molecule has 5 rings (SSSR count). The fourth-order valence-electron chi connectivity index (χ4n) is 5.26. The molecule has 1 aromatic heterocycles. The molecule has 2 N–H and O–H groups in total. The molecule has 0 bridgehead atoms. The number of aromatic amines is 1. The molecule has 8 heteroatoms. The van der Waals surface area contributed by atoms with Gasteiger partial charge >= 0.3 is 0 Å². The maximum Gasteiger partial charge on any atom is 0.295 e. The van der Waals surface area contributed by atoms with E-state index in [0.717, 1.165) is 39.8 Å². The lowest BCUT2D eigenvalue weighted by atomic mass is 9.94. The summed E-state index contributed by atoms with van der Waals surface area (Å²) in [4.78, 5) is 31.8. The number of nitrogens with zero attached hydrogens (tertiary/aromatic N) is 1. The lowest BCUT2D eigenvalue weighted by Gasteiger charge is -2.25. The lowest BCUT2D eigenvalue weighted by Crippen LogP contribution is -2.31. The fourth-order valence-corrected chi connectivity index (χ4v) is 5.26. The summed E-state index contributed by atoms with van der Waals surface area (Å²) >= 11 is 0. The second-order valence-corrected chi connectivity index (χ2v) is 9.63. The number of likely N-dealkylation sites (tertiary alicyclic amines) is 1. The third-order valence-corrected chi connectivity index (χ3v) is 7.50. The van der Waals surface area contributed by atoms with Crippen molar-refractivity contribution in [2.75, 3.05) is 27.9 Å². The molecule has 40 heavy (non-hydrogen) atoms. The zero-order chi connectivity index (χ0) is 28.4. The minimum atomic E-state index is -0.751. The summed E-state index contributed by atoms with van der Waals surface area (Å²) in [7, 11) is 4.64. The number of aromatic nitrogens is 1. The van der Waals surface area contributed by atoms with Crippen LogP contribution < -0.4 is 14.2 Å². The molecule has 8 nitrogen and oxygen atoms in total. The van der Waals surface area contributed by atoms with Gasteiger partial charge in [-0.25, -0.2) is 0 Å². The number of amides is 1. The van der Waals surface area contributed by atoms with E-state index in [9.17, 15) is 14.7 Å².